The van der Waals surface area contributed by atoms with E-state index in [0.29, 0.717) is 5.92 Å². The second-order valence-electron chi connectivity index (χ2n) is 4.51. The van der Waals surface area contributed by atoms with Crippen molar-refractivity contribution >= 4 is 0 Å². The highest BCUT2D eigenvalue weighted by molar-refractivity contribution is 5.15. The Bertz CT molecular complexity index is 259. The summed E-state index contributed by atoms with van der Waals surface area (Å²) < 4.78 is 0. The van der Waals surface area contributed by atoms with Gasteiger partial charge in [0.05, 0.1) is 6.61 Å². The fourth-order valence-electron chi connectivity index (χ4n) is 1.34. The number of hydrogen-bond donors (Lipinski definition) is 1. The maximum Gasteiger partial charge on any atom is 0.0617 e. The zero-order valence-corrected chi connectivity index (χ0v) is 11.2. The lowest BCUT2D eigenvalue weighted by molar-refractivity contribution is 0.342. The van der Waals surface area contributed by atoms with Gasteiger partial charge in [-0.15, -0.1) is 0 Å². The van der Waals surface area contributed by atoms with E-state index >= 15 is 0 Å². The topological polar surface area (TPSA) is 20.2 Å². The molecule has 0 rings (SSSR count). The molecule has 1 N–H and O–H groups in total. The van der Waals surface area contributed by atoms with Crippen LogP contribution in [0.4, 0.5) is 0 Å². The van der Waals surface area contributed by atoms with Crippen LogP contribution in [0.15, 0.2) is 35.5 Å². The van der Waals surface area contributed by atoms with E-state index in [4.69, 9.17) is 5.11 Å². The van der Waals surface area contributed by atoms with Crippen LogP contribution in [0.25, 0.3) is 0 Å². The molecule has 0 heterocycles. The maximum atomic E-state index is 8.70. The van der Waals surface area contributed by atoms with Crippen LogP contribution in [-0.4, -0.2) is 11.7 Å². The van der Waals surface area contributed by atoms with Crippen molar-refractivity contribution in [3.8, 4) is 0 Å². The van der Waals surface area contributed by atoms with Crippen LogP contribution < -0.4 is 0 Å². The molecule has 1 unspecified atom stereocenters. The van der Waals surface area contributed by atoms with Crippen LogP contribution in [0.1, 0.15) is 47.0 Å². The van der Waals surface area contributed by atoms with E-state index in [1.165, 1.54) is 5.57 Å². The van der Waals surface area contributed by atoms with Gasteiger partial charge in [0, 0.05) is 0 Å². The average molecular weight is 222 g/mol. The molecule has 0 saturated heterocycles. The lowest BCUT2D eigenvalue weighted by atomic mass is 10.0. The molecular formula is C15H26O. The van der Waals surface area contributed by atoms with E-state index in [2.05, 4.69) is 39.0 Å². The second-order valence-corrected chi connectivity index (χ2v) is 4.51. The summed E-state index contributed by atoms with van der Waals surface area (Å²) in [6.45, 7) is 8.80. The Kier molecular flexibility index (Phi) is 8.93. The molecule has 0 aromatic rings. The van der Waals surface area contributed by atoms with Crippen LogP contribution in [0.5, 0.6) is 0 Å². The van der Waals surface area contributed by atoms with E-state index in [-0.39, 0.29) is 6.61 Å². The molecule has 0 bridgehead atoms. The molecule has 0 aliphatic carbocycles. The monoisotopic (exact) mass is 222 g/mol. The standard InChI is InChI=1S/C15H26O/c1-5-13(2)9-10-14(3)7-6-8-15(4)11-12-16/h6,8-9,11,14,16H,5,7,10,12H2,1-4H3. The highest BCUT2D eigenvalue weighted by atomic mass is 16.2. The fraction of sp³-hybridized carbons (Fsp3) is 0.600. The Morgan fingerprint density at radius 2 is 1.88 bits per heavy atom. The summed E-state index contributed by atoms with van der Waals surface area (Å²) in [6, 6.07) is 0. The normalized spacial score (nSPS) is 15.8. The van der Waals surface area contributed by atoms with E-state index in [1.54, 1.807) is 0 Å². The molecule has 16 heavy (non-hydrogen) atoms. The summed E-state index contributed by atoms with van der Waals surface area (Å²) in [4.78, 5) is 0. The first-order valence-corrected chi connectivity index (χ1v) is 6.19. The van der Waals surface area contributed by atoms with Crippen LogP contribution >= 0.6 is 0 Å². The van der Waals surface area contributed by atoms with Crippen molar-refractivity contribution in [2.75, 3.05) is 6.61 Å². The van der Waals surface area contributed by atoms with E-state index in [0.717, 1.165) is 24.8 Å². The average Bonchev–Trinajstić information content (AvgIpc) is 2.26. The van der Waals surface area contributed by atoms with E-state index in [9.17, 15) is 0 Å². The third-order valence-corrected chi connectivity index (χ3v) is 2.76. The van der Waals surface area contributed by atoms with Crippen LogP contribution in [-0.2, 0) is 0 Å². The van der Waals surface area contributed by atoms with E-state index < -0.39 is 0 Å². The number of allylic oxidation sites excluding steroid dienone is 5. The van der Waals surface area contributed by atoms with Crippen molar-refractivity contribution in [3.05, 3.63) is 35.5 Å². The molecular weight excluding hydrogens is 196 g/mol. The van der Waals surface area contributed by atoms with E-state index in [1.807, 2.05) is 13.0 Å². The van der Waals surface area contributed by atoms with Gasteiger partial charge in [0.2, 0.25) is 0 Å². The molecule has 0 radical (unpaired) electrons. The zero-order valence-electron chi connectivity index (χ0n) is 11.2. The van der Waals surface area contributed by atoms with Gasteiger partial charge in [-0.1, -0.05) is 49.3 Å². The molecule has 0 aromatic heterocycles. The van der Waals surface area contributed by atoms with Gasteiger partial charge in [0.15, 0.2) is 0 Å². The number of hydrogen-bond acceptors (Lipinski definition) is 1. The minimum absolute atomic E-state index is 0.129. The summed E-state index contributed by atoms with van der Waals surface area (Å²) in [6.07, 6.45) is 11.9. The third kappa shape index (κ3) is 8.49. The molecule has 1 nitrogen and oxygen atoms in total. The predicted octanol–water partition coefficient (Wildman–Crippen LogP) is 4.25. The Morgan fingerprint density at radius 3 is 2.44 bits per heavy atom. The van der Waals surface area contributed by atoms with Gasteiger partial charge in [0.1, 0.15) is 0 Å². The lowest BCUT2D eigenvalue weighted by Crippen LogP contribution is -1.90. The Labute approximate surface area is 101 Å². The summed E-state index contributed by atoms with van der Waals surface area (Å²) in [5.41, 5.74) is 2.61. The van der Waals surface area contributed by atoms with Crippen LogP contribution in [0.2, 0.25) is 0 Å². The zero-order chi connectivity index (χ0) is 12.4. The number of rotatable bonds is 7. The highest BCUT2D eigenvalue weighted by Gasteiger charge is 1.96. The first-order valence-electron chi connectivity index (χ1n) is 6.19. The summed E-state index contributed by atoms with van der Waals surface area (Å²) >= 11 is 0. The summed E-state index contributed by atoms with van der Waals surface area (Å²) in [7, 11) is 0. The van der Waals surface area contributed by atoms with Gasteiger partial charge in [-0.3, -0.25) is 0 Å². The van der Waals surface area contributed by atoms with Gasteiger partial charge < -0.3 is 5.11 Å². The lowest BCUT2D eigenvalue weighted by Gasteiger charge is -2.05. The Morgan fingerprint density at radius 1 is 1.19 bits per heavy atom. The smallest absolute Gasteiger partial charge is 0.0617 e. The van der Waals surface area contributed by atoms with Gasteiger partial charge in [-0.25, -0.2) is 0 Å². The predicted molar refractivity (Wildman–Crippen MR) is 72.4 cm³/mol. The molecule has 1 heteroatoms. The van der Waals surface area contributed by atoms with Crippen molar-refractivity contribution in [1.82, 2.24) is 0 Å². The van der Waals surface area contributed by atoms with Crippen molar-refractivity contribution < 1.29 is 5.11 Å². The highest BCUT2D eigenvalue weighted by Crippen LogP contribution is 2.12. The molecule has 0 saturated carbocycles. The number of aliphatic hydroxyl groups is 1. The van der Waals surface area contributed by atoms with Crippen molar-refractivity contribution in [1.29, 1.82) is 0 Å². The summed E-state index contributed by atoms with van der Waals surface area (Å²) in [5, 5.41) is 8.70. The molecule has 0 aliphatic heterocycles. The molecule has 0 fully saturated rings. The third-order valence-electron chi connectivity index (χ3n) is 2.76. The van der Waals surface area contributed by atoms with Crippen molar-refractivity contribution in [2.45, 2.75) is 47.0 Å². The fourth-order valence-corrected chi connectivity index (χ4v) is 1.34. The minimum atomic E-state index is 0.129. The first-order chi connectivity index (χ1) is 7.60. The van der Waals surface area contributed by atoms with Gasteiger partial charge in [-0.2, -0.15) is 0 Å². The SMILES string of the molecule is CCC(C)=CCC(C)CC=CC(C)=CCO. The summed E-state index contributed by atoms with van der Waals surface area (Å²) in [5.74, 6) is 0.694. The van der Waals surface area contributed by atoms with Gasteiger partial charge in [0.25, 0.3) is 0 Å². The Balaban J connectivity index is 3.89. The van der Waals surface area contributed by atoms with Crippen molar-refractivity contribution in [3.63, 3.8) is 0 Å². The Hall–Kier alpha value is -0.820. The van der Waals surface area contributed by atoms with Crippen molar-refractivity contribution in [2.24, 2.45) is 5.92 Å². The maximum absolute atomic E-state index is 8.70. The van der Waals surface area contributed by atoms with Crippen LogP contribution in [0.3, 0.4) is 0 Å². The number of aliphatic hydroxyl groups excluding tert-OH is 1. The molecule has 0 aliphatic rings. The molecule has 1 atom stereocenters. The minimum Gasteiger partial charge on any atom is -0.392 e. The second kappa shape index (κ2) is 9.41. The molecule has 0 amide bonds. The van der Waals surface area contributed by atoms with Gasteiger partial charge >= 0.3 is 0 Å². The molecule has 0 spiro atoms. The first kappa shape index (κ1) is 15.2. The molecule has 0 aromatic carbocycles. The quantitative estimate of drug-likeness (QED) is 0.504. The van der Waals surface area contributed by atoms with Crippen LogP contribution in [0, 0.1) is 5.92 Å². The van der Waals surface area contributed by atoms with Gasteiger partial charge in [-0.05, 0) is 39.0 Å². The largest absolute Gasteiger partial charge is 0.392 e. The molecule has 92 valence electrons.